The van der Waals surface area contributed by atoms with E-state index < -0.39 is 0 Å². The first-order valence-corrected chi connectivity index (χ1v) is 8.27. The van der Waals surface area contributed by atoms with Gasteiger partial charge in [-0.05, 0) is 18.3 Å². The fourth-order valence-corrected chi connectivity index (χ4v) is 2.57. The van der Waals surface area contributed by atoms with Crippen molar-refractivity contribution in [1.29, 1.82) is 0 Å². The predicted molar refractivity (Wildman–Crippen MR) is 93.8 cm³/mol. The molecule has 1 saturated heterocycles. The molecule has 5 nitrogen and oxygen atoms in total. The molecule has 1 aromatic rings. The van der Waals surface area contributed by atoms with Gasteiger partial charge in [-0.25, -0.2) is 0 Å². The third-order valence-electron chi connectivity index (χ3n) is 3.47. The van der Waals surface area contributed by atoms with Crippen molar-refractivity contribution in [2.24, 2.45) is 5.10 Å². The van der Waals surface area contributed by atoms with Gasteiger partial charge in [-0.1, -0.05) is 29.8 Å². The maximum atomic E-state index is 6.04. The van der Waals surface area contributed by atoms with E-state index in [0.717, 1.165) is 51.4 Å². The fourth-order valence-electron chi connectivity index (χ4n) is 2.23. The zero-order valence-electron chi connectivity index (χ0n) is 12.5. The summed E-state index contributed by atoms with van der Waals surface area (Å²) >= 11 is 11.2. The predicted octanol–water partition coefficient (Wildman–Crippen LogP) is 0.443. The fraction of sp³-hybridized carbons (Fsp3) is 0.467. The second-order valence-corrected chi connectivity index (χ2v) is 5.93. The van der Waals surface area contributed by atoms with E-state index in [9.17, 15) is 0 Å². The van der Waals surface area contributed by atoms with E-state index in [1.807, 2.05) is 24.3 Å². The summed E-state index contributed by atoms with van der Waals surface area (Å²) in [6, 6.07) is 7.52. The second-order valence-electron chi connectivity index (χ2n) is 5.11. The maximum absolute atomic E-state index is 6.04. The molecule has 0 spiro atoms. The average molecular weight is 342 g/mol. The molecule has 7 heteroatoms. The third-order valence-corrected chi connectivity index (χ3v) is 4.05. The minimum Gasteiger partial charge on any atom is -0.370 e. The van der Waals surface area contributed by atoms with Gasteiger partial charge >= 0.3 is 0 Å². The quantitative estimate of drug-likeness (QED) is 0.304. The number of thiocarbonyl (C=S) groups is 1. The van der Waals surface area contributed by atoms with E-state index in [1.54, 1.807) is 11.1 Å². The Kier molecular flexibility index (Phi) is 7.59. The van der Waals surface area contributed by atoms with E-state index >= 15 is 0 Å². The number of benzene rings is 1. The molecule has 3 N–H and O–H groups in total. The van der Waals surface area contributed by atoms with E-state index in [0.29, 0.717) is 10.1 Å². The van der Waals surface area contributed by atoms with Crippen molar-refractivity contribution >= 4 is 35.1 Å². The molecular weight excluding hydrogens is 320 g/mol. The van der Waals surface area contributed by atoms with Crippen LogP contribution in [0.5, 0.6) is 0 Å². The molecule has 120 valence electrons. The summed E-state index contributed by atoms with van der Waals surface area (Å²) in [6.07, 6.45) is 2.74. The van der Waals surface area contributed by atoms with Crippen molar-refractivity contribution in [2.75, 3.05) is 39.4 Å². The molecule has 0 unspecified atom stereocenters. The third kappa shape index (κ3) is 6.27. The van der Waals surface area contributed by atoms with Gasteiger partial charge in [0.2, 0.25) is 0 Å². The van der Waals surface area contributed by atoms with Crippen LogP contribution >= 0.6 is 23.8 Å². The van der Waals surface area contributed by atoms with Crippen LogP contribution in [0, 0.1) is 0 Å². The number of quaternary nitrogens is 1. The molecular formula is C15H22ClN4OS+. The largest absolute Gasteiger partial charge is 0.370 e. The van der Waals surface area contributed by atoms with Crippen molar-refractivity contribution in [3.05, 3.63) is 34.9 Å². The summed E-state index contributed by atoms with van der Waals surface area (Å²) in [7, 11) is 0. The van der Waals surface area contributed by atoms with Crippen LogP contribution in [0.4, 0.5) is 0 Å². The Bertz CT molecular complexity index is 506. The minimum absolute atomic E-state index is 0.528. The van der Waals surface area contributed by atoms with Gasteiger partial charge in [0.05, 0.1) is 26.0 Å². The number of hydrogen-bond donors (Lipinski definition) is 3. The molecule has 0 bridgehead atoms. The number of nitrogens with zero attached hydrogens (tertiary/aromatic N) is 1. The topological polar surface area (TPSA) is 50.1 Å². The Balaban J connectivity index is 1.58. The van der Waals surface area contributed by atoms with E-state index in [1.165, 1.54) is 0 Å². The van der Waals surface area contributed by atoms with E-state index in [-0.39, 0.29) is 0 Å². The van der Waals surface area contributed by atoms with Gasteiger partial charge in [-0.3, -0.25) is 5.43 Å². The minimum atomic E-state index is 0.528. The number of hydrogen-bond acceptors (Lipinski definition) is 3. The highest BCUT2D eigenvalue weighted by Crippen LogP contribution is 2.11. The van der Waals surface area contributed by atoms with Crippen LogP contribution in [0.25, 0.3) is 0 Å². The van der Waals surface area contributed by atoms with Crippen molar-refractivity contribution in [3.8, 4) is 0 Å². The summed E-state index contributed by atoms with van der Waals surface area (Å²) in [4.78, 5) is 1.60. The van der Waals surface area contributed by atoms with Gasteiger partial charge in [0, 0.05) is 23.6 Å². The number of ether oxygens (including phenoxy) is 1. The van der Waals surface area contributed by atoms with Crippen molar-refractivity contribution in [1.82, 2.24) is 10.7 Å². The average Bonchev–Trinajstić information content (AvgIpc) is 2.54. The lowest BCUT2D eigenvalue weighted by molar-refractivity contribution is -0.908. The van der Waals surface area contributed by atoms with Gasteiger partial charge in [-0.15, -0.1) is 0 Å². The molecule has 0 atom stereocenters. The molecule has 0 amide bonds. The van der Waals surface area contributed by atoms with Gasteiger partial charge < -0.3 is 15.0 Å². The molecule has 0 radical (unpaired) electrons. The van der Waals surface area contributed by atoms with Crippen LogP contribution in [0.15, 0.2) is 29.4 Å². The van der Waals surface area contributed by atoms with Crippen LogP contribution in [0.1, 0.15) is 12.0 Å². The Morgan fingerprint density at radius 3 is 2.91 bits per heavy atom. The van der Waals surface area contributed by atoms with Crippen molar-refractivity contribution in [2.45, 2.75) is 6.42 Å². The maximum Gasteiger partial charge on any atom is 0.186 e. The molecule has 1 aromatic carbocycles. The Hall–Kier alpha value is -1.21. The number of morpholine rings is 1. The SMILES string of the molecule is S=C(NCCC[NH+]1CCOCC1)N/N=C\c1ccccc1Cl. The summed E-state index contributed by atoms with van der Waals surface area (Å²) in [5.41, 5.74) is 3.66. The van der Waals surface area contributed by atoms with E-state index in [4.69, 9.17) is 28.6 Å². The standard InChI is InChI=1S/C15H21ClN4OS/c16-14-5-2-1-4-13(14)12-18-19-15(22)17-6-3-7-20-8-10-21-11-9-20/h1-2,4-5,12H,3,6-11H2,(H2,17,19,22)/p+1/b18-12-. The summed E-state index contributed by atoms with van der Waals surface area (Å²) in [5, 5.41) is 8.43. The first kappa shape index (κ1) is 17.1. The highest BCUT2D eigenvalue weighted by atomic mass is 35.5. The van der Waals surface area contributed by atoms with Crippen LogP contribution < -0.4 is 15.6 Å². The summed E-state index contributed by atoms with van der Waals surface area (Å²) < 4.78 is 5.34. The summed E-state index contributed by atoms with van der Waals surface area (Å²) in [5.74, 6) is 0. The normalized spacial score (nSPS) is 15.9. The van der Waals surface area contributed by atoms with Crippen LogP contribution in [0.3, 0.4) is 0 Å². The van der Waals surface area contributed by atoms with E-state index in [2.05, 4.69) is 15.8 Å². The van der Waals surface area contributed by atoms with Crippen LogP contribution in [-0.4, -0.2) is 50.7 Å². The molecule has 1 fully saturated rings. The molecule has 1 heterocycles. The number of nitrogens with one attached hydrogen (secondary N) is 3. The lowest BCUT2D eigenvalue weighted by atomic mass is 10.2. The lowest BCUT2D eigenvalue weighted by Crippen LogP contribution is -3.14. The zero-order chi connectivity index (χ0) is 15.6. The Morgan fingerprint density at radius 2 is 2.14 bits per heavy atom. The van der Waals surface area contributed by atoms with Crippen molar-refractivity contribution in [3.63, 3.8) is 0 Å². The van der Waals surface area contributed by atoms with Gasteiger partial charge in [0.15, 0.2) is 5.11 Å². The highest BCUT2D eigenvalue weighted by Gasteiger charge is 2.12. The monoisotopic (exact) mass is 341 g/mol. The molecule has 22 heavy (non-hydrogen) atoms. The second kappa shape index (κ2) is 9.74. The lowest BCUT2D eigenvalue weighted by Gasteiger charge is -2.23. The van der Waals surface area contributed by atoms with Gasteiger partial charge in [0.1, 0.15) is 13.1 Å². The van der Waals surface area contributed by atoms with Crippen LogP contribution in [0.2, 0.25) is 5.02 Å². The molecule has 1 aliphatic heterocycles. The first-order valence-electron chi connectivity index (χ1n) is 7.48. The molecule has 1 aliphatic rings. The van der Waals surface area contributed by atoms with Crippen molar-refractivity contribution < 1.29 is 9.64 Å². The van der Waals surface area contributed by atoms with Gasteiger partial charge in [0.25, 0.3) is 0 Å². The smallest absolute Gasteiger partial charge is 0.186 e. The summed E-state index contributed by atoms with van der Waals surface area (Å²) in [6.45, 7) is 5.94. The van der Waals surface area contributed by atoms with Gasteiger partial charge in [-0.2, -0.15) is 5.10 Å². The zero-order valence-corrected chi connectivity index (χ0v) is 14.1. The Labute approximate surface area is 141 Å². The molecule has 0 aromatic heterocycles. The first-order chi connectivity index (χ1) is 10.8. The Morgan fingerprint density at radius 1 is 1.36 bits per heavy atom. The highest BCUT2D eigenvalue weighted by molar-refractivity contribution is 7.80. The molecule has 0 aliphatic carbocycles. The number of rotatable bonds is 6. The number of hydrazone groups is 1. The number of halogens is 1. The molecule has 0 saturated carbocycles. The van der Waals surface area contributed by atoms with Crippen LogP contribution in [-0.2, 0) is 4.74 Å². The molecule has 2 rings (SSSR count).